The van der Waals surface area contributed by atoms with Gasteiger partial charge < -0.3 is 0 Å². The molecule has 0 bridgehead atoms. The van der Waals surface area contributed by atoms with Crippen molar-refractivity contribution in [3.05, 3.63) is 16.3 Å². The van der Waals surface area contributed by atoms with E-state index in [0.717, 1.165) is 4.90 Å². The van der Waals surface area contributed by atoms with E-state index < -0.39 is 0 Å². The minimum absolute atomic E-state index is 1.10. The Balaban J connectivity index is 3.12. The summed E-state index contributed by atoms with van der Waals surface area (Å²) in [6, 6.07) is 0. The summed E-state index contributed by atoms with van der Waals surface area (Å²) in [5, 5.41) is 4.11. The number of aryl methyl sites for hydroxylation is 1. The third-order valence-corrected chi connectivity index (χ3v) is 2.35. The topological polar surface area (TPSA) is 0 Å². The first-order valence-corrected chi connectivity index (χ1v) is 3.41. The molecule has 1 aromatic heterocycles. The van der Waals surface area contributed by atoms with Crippen molar-refractivity contribution < 1.29 is 0 Å². The molecule has 0 saturated heterocycles. The van der Waals surface area contributed by atoms with Crippen molar-refractivity contribution in [2.75, 3.05) is 0 Å². The summed E-state index contributed by atoms with van der Waals surface area (Å²) >= 11 is 5.85. The van der Waals surface area contributed by atoms with Crippen LogP contribution in [0.4, 0.5) is 0 Å². The third-order valence-electron chi connectivity index (χ3n) is 0.829. The Morgan fingerprint density at radius 2 is 2.29 bits per heavy atom. The first-order chi connectivity index (χ1) is 3.30. The van der Waals surface area contributed by atoms with Crippen LogP contribution in [0.15, 0.2) is 15.7 Å². The highest BCUT2D eigenvalue weighted by molar-refractivity contribution is 7.80. The Hall–Kier alpha value is 0.0500. The van der Waals surface area contributed by atoms with Crippen molar-refractivity contribution in [2.24, 2.45) is 0 Å². The highest BCUT2D eigenvalue weighted by Gasteiger charge is 1.87. The fourth-order valence-electron chi connectivity index (χ4n) is 0.354. The Morgan fingerprint density at radius 1 is 1.57 bits per heavy atom. The lowest BCUT2D eigenvalue weighted by Gasteiger charge is -1.78. The van der Waals surface area contributed by atoms with Crippen LogP contribution >= 0.6 is 24.0 Å². The molecule has 0 aliphatic carbocycles. The van der Waals surface area contributed by atoms with Crippen LogP contribution < -0.4 is 0 Å². The molecule has 38 valence electrons. The van der Waals surface area contributed by atoms with Crippen LogP contribution in [-0.2, 0) is 0 Å². The normalized spacial score (nSPS) is 9.43. The van der Waals surface area contributed by atoms with Gasteiger partial charge in [0.15, 0.2) is 0 Å². The average molecular weight is 130 g/mol. The Kier molecular flexibility index (Phi) is 1.40. The molecular weight excluding hydrogens is 124 g/mol. The quantitative estimate of drug-likeness (QED) is 0.512. The van der Waals surface area contributed by atoms with Gasteiger partial charge in [-0.1, -0.05) is 0 Å². The van der Waals surface area contributed by atoms with Gasteiger partial charge >= 0.3 is 0 Å². The summed E-state index contributed by atoms with van der Waals surface area (Å²) in [4.78, 5) is 1.10. The first kappa shape index (κ1) is 5.19. The molecule has 0 N–H and O–H groups in total. The zero-order valence-electron chi connectivity index (χ0n) is 4.01. The lowest BCUT2D eigenvalue weighted by Crippen LogP contribution is -1.57. The van der Waals surface area contributed by atoms with Gasteiger partial charge in [0, 0.05) is 10.3 Å². The average Bonchev–Trinajstić information content (AvgIpc) is 1.91. The van der Waals surface area contributed by atoms with Gasteiger partial charge in [-0.2, -0.15) is 11.3 Å². The third kappa shape index (κ3) is 0.983. The van der Waals surface area contributed by atoms with E-state index in [0.29, 0.717) is 0 Å². The van der Waals surface area contributed by atoms with Gasteiger partial charge in [0.25, 0.3) is 0 Å². The Bertz CT molecular complexity index is 138. The molecule has 0 amide bonds. The van der Waals surface area contributed by atoms with Gasteiger partial charge in [0.2, 0.25) is 0 Å². The molecule has 0 saturated carbocycles. The minimum Gasteiger partial charge on any atom is -0.151 e. The maximum Gasteiger partial charge on any atom is 0.0177 e. The van der Waals surface area contributed by atoms with E-state index >= 15 is 0 Å². The summed E-state index contributed by atoms with van der Waals surface area (Å²) in [6.07, 6.45) is 0. The van der Waals surface area contributed by atoms with Crippen LogP contribution in [0.1, 0.15) is 5.56 Å². The standard InChI is InChI=1S/C5H6S2/c1-4-2-7-3-5(4)6/h2-3,6H,1H3. The highest BCUT2D eigenvalue weighted by atomic mass is 32.1. The van der Waals surface area contributed by atoms with Crippen molar-refractivity contribution in [1.82, 2.24) is 0 Å². The predicted molar refractivity (Wildman–Crippen MR) is 36.3 cm³/mol. The molecular formula is C5H6S2. The lowest BCUT2D eigenvalue weighted by molar-refractivity contribution is 1.39. The van der Waals surface area contributed by atoms with Gasteiger partial charge in [0.1, 0.15) is 0 Å². The molecule has 7 heavy (non-hydrogen) atoms. The van der Waals surface area contributed by atoms with E-state index in [4.69, 9.17) is 0 Å². The first-order valence-electron chi connectivity index (χ1n) is 2.02. The second kappa shape index (κ2) is 1.88. The van der Waals surface area contributed by atoms with Gasteiger partial charge in [-0.15, -0.1) is 12.6 Å². The number of rotatable bonds is 0. The molecule has 0 spiro atoms. The van der Waals surface area contributed by atoms with Gasteiger partial charge in [-0.25, -0.2) is 0 Å². The van der Waals surface area contributed by atoms with Crippen LogP contribution in [0.5, 0.6) is 0 Å². The lowest BCUT2D eigenvalue weighted by atomic mass is 10.4. The van der Waals surface area contributed by atoms with E-state index in [1.165, 1.54) is 5.56 Å². The molecule has 1 heterocycles. The van der Waals surface area contributed by atoms with Crippen LogP contribution in [0.25, 0.3) is 0 Å². The second-order valence-electron chi connectivity index (χ2n) is 1.44. The molecule has 0 nitrogen and oxygen atoms in total. The summed E-state index contributed by atoms with van der Waals surface area (Å²) in [7, 11) is 0. The fraction of sp³-hybridized carbons (Fsp3) is 0.200. The molecule has 1 aromatic rings. The molecule has 0 aromatic carbocycles. The van der Waals surface area contributed by atoms with Crippen molar-refractivity contribution >= 4 is 24.0 Å². The molecule has 1 rings (SSSR count). The highest BCUT2D eigenvalue weighted by Crippen LogP contribution is 2.16. The summed E-state index contributed by atoms with van der Waals surface area (Å²) in [5.74, 6) is 0. The molecule has 0 aliphatic rings. The molecule has 0 fully saturated rings. The van der Waals surface area contributed by atoms with E-state index in [2.05, 4.69) is 24.9 Å². The summed E-state index contributed by atoms with van der Waals surface area (Å²) in [5.41, 5.74) is 1.27. The zero-order valence-corrected chi connectivity index (χ0v) is 5.72. The minimum atomic E-state index is 1.10. The smallest absolute Gasteiger partial charge is 0.0177 e. The summed E-state index contributed by atoms with van der Waals surface area (Å²) in [6.45, 7) is 2.05. The molecule has 0 aliphatic heterocycles. The van der Waals surface area contributed by atoms with E-state index in [-0.39, 0.29) is 0 Å². The van der Waals surface area contributed by atoms with Crippen molar-refractivity contribution in [2.45, 2.75) is 11.8 Å². The van der Waals surface area contributed by atoms with Gasteiger partial charge in [-0.3, -0.25) is 0 Å². The number of thiophene rings is 1. The Labute approximate surface area is 52.6 Å². The van der Waals surface area contributed by atoms with E-state index in [1.807, 2.05) is 5.38 Å². The second-order valence-corrected chi connectivity index (χ2v) is 2.67. The van der Waals surface area contributed by atoms with Crippen LogP contribution in [0.2, 0.25) is 0 Å². The van der Waals surface area contributed by atoms with Crippen molar-refractivity contribution in [3.8, 4) is 0 Å². The van der Waals surface area contributed by atoms with Crippen molar-refractivity contribution in [3.63, 3.8) is 0 Å². The zero-order chi connectivity index (χ0) is 5.28. The number of thiol groups is 1. The largest absolute Gasteiger partial charge is 0.151 e. The summed E-state index contributed by atoms with van der Waals surface area (Å²) < 4.78 is 0. The maximum atomic E-state index is 4.16. The molecule has 2 heteroatoms. The van der Waals surface area contributed by atoms with Crippen LogP contribution in [-0.4, -0.2) is 0 Å². The number of hydrogen-bond donors (Lipinski definition) is 1. The van der Waals surface area contributed by atoms with Gasteiger partial charge in [-0.05, 0) is 17.9 Å². The van der Waals surface area contributed by atoms with Gasteiger partial charge in [0.05, 0.1) is 0 Å². The monoisotopic (exact) mass is 130 g/mol. The predicted octanol–water partition coefficient (Wildman–Crippen LogP) is 2.35. The molecule has 0 atom stereocenters. The van der Waals surface area contributed by atoms with Crippen LogP contribution in [0.3, 0.4) is 0 Å². The maximum absolute atomic E-state index is 4.16. The van der Waals surface area contributed by atoms with E-state index in [1.54, 1.807) is 11.3 Å². The SMILES string of the molecule is Cc1cscc1S. The number of hydrogen-bond acceptors (Lipinski definition) is 2. The van der Waals surface area contributed by atoms with E-state index in [9.17, 15) is 0 Å². The fourth-order valence-corrected chi connectivity index (χ4v) is 1.40. The van der Waals surface area contributed by atoms with Crippen LogP contribution in [0, 0.1) is 6.92 Å². The molecule has 0 radical (unpaired) electrons. The Morgan fingerprint density at radius 3 is 2.43 bits per heavy atom. The molecule has 0 unspecified atom stereocenters. The van der Waals surface area contributed by atoms with Crippen molar-refractivity contribution in [1.29, 1.82) is 0 Å².